The molecule has 0 aliphatic carbocycles. The van der Waals surface area contributed by atoms with Crippen LogP contribution in [0.3, 0.4) is 0 Å². The third-order valence-corrected chi connectivity index (χ3v) is 4.81. The maximum absolute atomic E-state index is 13.5. The molecule has 0 bridgehead atoms. The van der Waals surface area contributed by atoms with E-state index < -0.39 is 20.9 Å². The SMILES string of the molecule is CN(CC(N)=S)S(=O)(=O)c1ccc(Cl)c(F)c1Cl. The third kappa shape index (κ3) is 3.10. The number of benzene rings is 1. The van der Waals surface area contributed by atoms with Gasteiger partial charge in [-0.05, 0) is 12.1 Å². The Morgan fingerprint density at radius 3 is 2.56 bits per heavy atom. The fraction of sp³-hybridized carbons (Fsp3) is 0.222. The van der Waals surface area contributed by atoms with Gasteiger partial charge < -0.3 is 5.73 Å². The number of nitrogens with zero attached hydrogens (tertiary/aromatic N) is 1. The molecule has 0 heterocycles. The van der Waals surface area contributed by atoms with Crippen LogP contribution >= 0.6 is 35.4 Å². The normalized spacial score (nSPS) is 11.8. The fourth-order valence-corrected chi connectivity index (χ4v) is 3.32. The lowest BCUT2D eigenvalue weighted by molar-refractivity contribution is 0.505. The number of rotatable bonds is 4. The van der Waals surface area contributed by atoms with Gasteiger partial charge in [0, 0.05) is 7.05 Å². The van der Waals surface area contributed by atoms with E-state index >= 15 is 0 Å². The summed E-state index contributed by atoms with van der Waals surface area (Å²) in [5.74, 6) is -0.983. The maximum Gasteiger partial charge on any atom is 0.244 e. The van der Waals surface area contributed by atoms with Crippen LogP contribution < -0.4 is 5.73 Å². The highest BCUT2D eigenvalue weighted by Crippen LogP contribution is 2.30. The molecule has 1 aromatic carbocycles. The van der Waals surface area contributed by atoms with E-state index in [0.29, 0.717) is 0 Å². The molecule has 4 nitrogen and oxygen atoms in total. The molecule has 0 radical (unpaired) electrons. The van der Waals surface area contributed by atoms with Crippen LogP contribution in [0.25, 0.3) is 0 Å². The van der Waals surface area contributed by atoms with Crippen molar-refractivity contribution in [2.45, 2.75) is 4.90 Å². The smallest absolute Gasteiger partial charge is 0.244 e. The topological polar surface area (TPSA) is 63.4 Å². The summed E-state index contributed by atoms with van der Waals surface area (Å²) in [6.07, 6.45) is 0. The molecule has 0 saturated heterocycles. The zero-order valence-electron chi connectivity index (χ0n) is 9.15. The van der Waals surface area contributed by atoms with Gasteiger partial charge in [0.05, 0.1) is 21.6 Å². The highest BCUT2D eigenvalue weighted by Gasteiger charge is 2.26. The molecule has 18 heavy (non-hydrogen) atoms. The average molecular weight is 331 g/mol. The minimum Gasteiger partial charge on any atom is -0.392 e. The summed E-state index contributed by atoms with van der Waals surface area (Å²) in [4.78, 5) is -0.392. The first-order chi connectivity index (χ1) is 8.17. The Labute approximate surface area is 120 Å². The molecule has 2 N–H and O–H groups in total. The van der Waals surface area contributed by atoms with E-state index in [2.05, 4.69) is 12.2 Å². The van der Waals surface area contributed by atoms with Crippen LogP contribution in [0.2, 0.25) is 10.0 Å². The summed E-state index contributed by atoms with van der Waals surface area (Å²) in [5, 5.41) is -0.812. The van der Waals surface area contributed by atoms with Crippen LogP contribution in [0, 0.1) is 5.82 Å². The van der Waals surface area contributed by atoms with Crippen molar-refractivity contribution in [3.8, 4) is 0 Å². The first-order valence-electron chi connectivity index (χ1n) is 4.56. The maximum atomic E-state index is 13.5. The predicted molar refractivity (Wildman–Crippen MR) is 73.0 cm³/mol. The summed E-state index contributed by atoms with van der Waals surface area (Å²) in [6, 6.07) is 2.24. The van der Waals surface area contributed by atoms with Crippen molar-refractivity contribution >= 4 is 50.4 Å². The van der Waals surface area contributed by atoms with E-state index in [0.717, 1.165) is 16.4 Å². The van der Waals surface area contributed by atoms with Gasteiger partial charge >= 0.3 is 0 Å². The van der Waals surface area contributed by atoms with Gasteiger partial charge in [-0.25, -0.2) is 12.8 Å². The monoisotopic (exact) mass is 330 g/mol. The second-order valence-corrected chi connectivity index (χ2v) is 6.72. The minimum atomic E-state index is -3.97. The van der Waals surface area contributed by atoms with Crippen LogP contribution in [-0.4, -0.2) is 31.3 Å². The number of halogens is 3. The molecule has 0 saturated carbocycles. The van der Waals surface area contributed by atoms with Crippen molar-refractivity contribution < 1.29 is 12.8 Å². The van der Waals surface area contributed by atoms with Crippen LogP contribution in [0.5, 0.6) is 0 Å². The lowest BCUT2D eigenvalue weighted by Crippen LogP contribution is -2.34. The number of thiocarbonyl (C=S) groups is 1. The van der Waals surface area contributed by atoms with Gasteiger partial charge in [-0.3, -0.25) is 0 Å². The van der Waals surface area contributed by atoms with Crippen LogP contribution in [0.15, 0.2) is 17.0 Å². The highest BCUT2D eigenvalue weighted by molar-refractivity contribution is 7.89. The largest absolute Gasteiger partial charge is 0.392 e. The van der Waals surface area contributed by atoms with Gasteiger partial charge in [-0.2, -0.15) is 4.31 Å². The molecule has 0 spiro atoms. The Bertz CT molecular complexity index is 592. The summed E-state index contributed by atoms with van der Waals surface area (Å²) < 4.78 is 38.5. The number of hydrogen-bond donors (Lipinski definition) is 1. The van der Waals surface area contributed by atoms with Crippen LogP contribution in [0.4, 0.5) is 4.39 Å². The van der Waals surface area contributed by atoms with Crippen molar-refractivity contribution in [2.75, 3.05) is 13.6 Å². The summed E-state index contributed by atoms with van der Waals surface area (Å²) in [7, 11) is -2.71. The third-order valence-electron chi connectivity index (χ3n) is 2.07. The zero-order chi connectivity index (χ0) is 14.1. The van der Waals surface area contributed by atoms with Gasteiger partial charge in [-0.1, -0.05) is 35.4 Å². The van der Waals surface area contributed by atoms with E-state index in [-0.39, 0.29) is 21.5 Å². The molecule has 0 aliphatic heterocycles. The van der Waals surface area contributed by atoms with Crippen molar-refractivity contribution in [2.24, 2.45) is 5.73 Å². The summed E-state index contributed by atoms with van der Waals surface area (Å²) in [5.41, 5.74) is 5.26. The Hall–Kier alpha value is -0.470. The lowest BCUT2D eigenvalue weighted by Gasteiger charge is -2.17. The van der Waals surface area contributed by atoms with E-state index in [4.69, 9.17) is 28.9 Å². The molecule has 0 atom stereocenters. The standard InChI is InChI=1S/C9H9Cl2FN2O2S2/c1-14(4-7(13)17)18(15,16)6-3-2-5(10)9(12)8(6)11/h2-3H,4H2,1H3,(H2,13,17). The molecule has 0 aliphatic rings. The second kappa shape index (κ2) is 5.66. The molecular formula is C9H9Cl2FN2O2S2. The molecule has 0 unspecified atom stereocenters. The van der Waals surface area contributed by atoms with Gasteiger partial charge in [0.2, 0.25) is 10.0 Å². The summed E-state index contributed by atoms with van der Waals surface area (Å²) in [6.45, 7) is -0.168. The minimum absolute atomic E-state index is 0.00775. The van der Waals surface area contributed by atoms with Gasteiger partial charge in [0.1, 0.15) is 4.90 Å². The van der Waals surface area contributed by atoms with E-state index in [9.17, 15) is 12.8 Å². The number of nitrogens with two attached hydrogens (primary N) is 1. The van der Waals surface area contributed by atoms with Crippen molar-refractivity contribution in [3.05, 3.63) is 28.0 Å². The Kier molecular flexibility index (Phi) is 4.90. The molecule has 0 amide bonds. The van der Waals surface area contributed by atoms with E-state index in [1.54, 1.807) is 0 Å². The molecule has 9 heteroatoms. The molecule has 100 valence electrons. The Morgan fingerprint density at radius 1 is 1.50 bits per heavy atom. The van der Waals surface area contributed by atoms with Crippen molar-refractivity contribution in [1.29, 1.82) is 0 Å². The van der Waals surface area contributed by atoms with Crippen LogP contribution in [0.1, 0.15) is 0 Å². The highest BCUT2D eigenvalue weighted by atomic mass is 35.5. The van der Waals surface area contributed by atoms with E-state index in [1.807, 2.05) is 0 Å². The fourth-order valence-electron chi connectivity index (χ4n) is 1.18. The molecular weight excluding hydrogens is 322 g/mol. The number of likely N-dealkylation sites (N-methyl/N-ethyl adjacent to an activating group) is 1. The number of sulfonamides is 1. The zero-order valence-corrected chi connectivity index (χ0v) is 12.3. The lowest BCUT2D eigenvalue weighted by atomic mass is 10.3. The molecule has 0 fully saturated rings. The van der Waals surface area contributed by atoms with Gasteiger partial charge in [-0.15, -0.1) is 0 Å². The Morgan fingerprint density at radius 2 is 2.06 bits per heavy atom. The van der Waals surface area contributed by atoms with E-state index in [1.165, 1.54) is 7.05 Å². The van der Waals surface area contributed by atoms with Crippen molar-refractivity contribution in [3.63, 3.8) is 0 Å². The predicted octanol–water partition coefficient (Wildman–Crippen LogP) is 2.04. The second-order valence-electron chi connectivity index (χ2n) is 3.40. The molecule has 0 aromatic heterocycles. The van der Waals surface area contributed by atoms with Gasteiger partial charge in [0.15, 0.2) is 5.82 Å². The molecule has 1 rings (SSSR count). The first-order valence-corrected chi connectivity index (χ1v) is 7.16. The number of hydrogen-bond acceptors (Lipinski definition) is 3. The average Bonchev–Trinajstić information content (AvgIpc) is 2.24. The Balaban J connectivity index is 3.29. The van der Waals surface area contributed by atoms with Gasteiger partial charge in [0.25, 0.3) is 0 Å². The molecule has 1 aromatic rings. The quantitative estimate of drug-likeness (QED) is 0.677. The van der Waals surface area contributed by atoms with Crippen molar-refractivity contribution in [1.82, 2.24) is 4.31 Å². The first kappa shape index (κ1) is 15.6. The van der Waals surface area contributed by atoms with Crippen LogP contribution in [-0.2, 0) is 10.0 Å². The summed E-state index contributed by atoms with van der Waals surface area (Å²) >= 11 is 15.7.